The molecule has 1 unspecified atom stereocenters. The molecule has 0 saturated heterocycles. The van der Waals surface area contributed by atoms with Gasteiger partial charge in [0.25, 0.3) is 5.09 Å². The van der Waals surface area contributed by atoms with Crippen LogP contribution in [0.5, 0.6) is 0 Å². The molecule has 0 aliphatic heterocycles. The van der Waals surface area contributed by atoms with Crippen LogP contribution < -0.4 is 0 Å². The largest absolute Gasteiger partial charge is 0.337 e. The molecule has 0 amide bonds. The molecular formula is C20H21Cl2N3O3S. The lowest BCUT2D eigenvalue weighted by Gasteiger charge is -2.19. The van der Waals surface area contributed by atoms with Crippen LogP contribution in [0.3, 0.4) is 0 Å². The number of benzene rings is 2. The molecule has 154 valence electrons. The zero-order valence-electron chi connectivity index (χ0n) is 15.7. The van der Waals surface area contributed by atoms with Crippen molar-refractivity contribution in [2.24, 2.45) is 0 Å². The summed E-state index contributed by atoms with van der Waals surface area (Å²) in [7, 11) is 0. The molecule has 1 atom stereocenters. The molecule has 2 aromatic carbocycles. The second-order valence-corrected chi connectivity index (χ2v) is 8.31. The van der Waals surface area contributed by atoms with E-state index >= 15 is 0 Å². The van der Waals surface area contributed by atoms with Gasteiger partial charge in [0.15, 0.2) is 0 Å². The van der Waals surface area contributed by atoms with Crippen LogP contribution in [0.25, 0.3) is 0 Å². The van der Waals surface area contributed by atoms with Crippen molar-refractivity contribution in [3.8, 4) is 0 Å². The van der Waals surface area contributed by atoms with Crippen molar-refractivity contribution in [2.75, 3.05) is 0 Å². The number of hydrogen-bond acceptors (Lipinski definition) is 4. The average Bonchev–Trinajstić information content (AvgIpc) is 3.17. The van der Waals surface area contributed by atoms with Crippen molar-refractivity contribution < 1.29 is 10.3 Å². The molecule has 3 aromatic rings. The van der Waals surface area contributed by atoms with Gasteiger partial charge < -0.3 is 9.77 Å². The number of nitrogens with zero attached hydrogens (tertiary/aromatic N) is 3. The lowest BCUT2D eigenvalue weighted by Crippen LogP contribution is -2.03. The summed E-state index contributed by atoms with van der Waals surface area (Å²) < 4.78 is 2.10. The highest BCUT2D eigenvalue weighted by molar-refractivity contribution is 7.98. The second-order valence-electron chi connectivity index (χ2n) is 6.28. The maximum Gasteiger partial charge on any atom is 0.291 e. The number of rotatable bonds is 7. The highest BCUT2D eigenvalue weighted by Gasteiger charge is 2.16. The van der Waals surface area contributed by atoms with Gasteiger partial charge in [-0.3, -0.25) is 0 Å². The summed E-state index contributed by atoms with van der Waals surface area (Å²) in [4.78, 5) is 12.5. The van der Waals surface area contributed by atoms with E-state index in [0.717, 1.165) is 29.3 Å². The number of hydrogen-bond donors (Lipinski definition) is 1. The van der Waals surface area contributed by atoms with Crippen LogP contribution in [0, 0.1) is 17.0 Å². The van der Waals surface area contributed by atoms with Gasteiger partial charge >= 0.3 is 0 Å². The average molecular weight is 454 g/mol. The molecule has 1 heterocycles. The quantitative estimate of drug-likeness (QED) is 0.339. The summed E-state index contributed by atoms with van der Waals surface area (Å²) in [6.45, 7) is 3.02. The smallest absolute Gasteiger partial charge is 0.291 e. The Balaban J connectivity index is 0.000000687. The first-order valence-electron chi connectivity index (χ1n) is 8.76. The van der Waals surface area contributed by atoms with E-state index in [-0.39, 0.29) is 0 Å². The maximum absolute atomic E-state index is 8.36. The van der Waals surface area contributed by atoms with E-state index in [9.17, 15) is 0 Å². The van der Waals surface area contributed by atoms with Crippen LogP contribution >= 0.6 is 35.0 Å². The van der Waals surface area contributed by atoms with Gasteiger partial charge in [-0.05, 0) is 36.6 Å². The van der Waals surface area contributed by atoms with Crippen molar-refractivity contribution in [2.45, 2.75) is 30.9 Å². The van der Waals surface area contributed by atoms with E-state index in [1.165, 1.54) is 11.1 Å². The number of halogens is 2. The summed E-state index contributed by atoms with van der Waals surface area (Å²) in [5, 5.41) is 15.3. The fourth-order valence-electron chi connectivity index (χ4n) is 2.66. The van der Waals surface area contributed by atoms with Crippen LogP contribution in [-0.4, -0.2) is 19.8 Å². The van der Waals surface area contributed by atoms with Crippen molar-refractivity contribution in [3.63, 3.8) is 0 Å². The first-order chi connectivity index (χ1) is 13.8. The molecule has 0 bridgehead atoms. The lowest BCUT2D eigenvalue weighted by atomic mass is 10.1. The molecule has 6 nitrogen and oxygen atoms in total. The molecule has 0 spiro atoms. The predicted octanol–water partition coefficient (Wildman–Crippen LogP) is 6.22. The van der Waals surface area contributed by atoms with E-state index < -0.39 is 5.09 Å². The Kier molecular flexibility index (Phi) is 9.31. The van der Waals surface area contributed by atoms with Gasteiger partial charge in [0.05, 0.1) is 6.33 Å². The SMILES string of the molecule is Cc1ccc(CSC(CCn2ccnc2)c2ccc(Cl)cc2Cl)cc1.O=[N+]([O-])O. The molecule has 29 heavy (non-hydrogen) atoms. The molecule has 0 saturated carbocycles. The summed E-state index contributed by atoms with van der Waals surface area (Å²) in [5.74, 6) is 0.952. The van der Waals surface area contributed by atoms with Gasteiger partial charge in [-0.1, -0.05) is 59.1 Å². The lowest BCUT2D eigenvalue weighted by molar-refractivity contribution is -0.742. The van der Waals surface area contributed by atoms with Gasteiger partial charge in [-0.2, -0.15) is 0 Å². The first-order valence-corrected chi connectivity index (χ1v) is 10.6. The van der Waals surface area contributed by atoms with E-state index in [0.29, 0.717) is 10.3 Å². The third kappa shape index (κ3) is 8.35. The minimum atomic E-state index is -1.50. The highest BCUT2D eigenvalue weighted by atomic mass is 35.5. The van der Waals surface area contributed by atoms with Gasteiger partial charge in [-0.25, -0.2) is 4.98 Å². The molecule has 9 heteroatoms. The summed E-state index contributed by atoms with van der Waals surface area (Å²) >= 11 is 14.4. The number of aromatic nitrogens is 2. The Morgan fingerprint density at radius 3 is 2.52 bits per heavy atom. The fourth-order valence-corrected chi connectivity index (χ4v) is 4.51. The van der Waals surface area contributed by atoms with Crippen molar-refractivity contribution in [1.82, 2.24) is 9.55 Å². The van der Waals surface area contributed by atoms with Crippen LogP contribution in [0.1, 0.15) is 28.4 Å². The zero-order valence-corrected chi connectivity index (χ0v) is 18.1. The van der Waals surface area contributed by atoms with Gasteiger partial charge in [0.2, 0.25) is 0 Å². The van der Waals surface area contributed by atoms with E-state index in [1.807, 2.05) is 48.7 Å². The Morgan fingerprint density at radius 2 is 1.93 bits per heavy atom. The minimum Gasteiger partial charge on any atom is -0.337 e. The molecule has 0 aliphatic rings. The van der Waals surface area contributed by atoms with Crippen molar-refractivity contribution in [1.29, 1.82) is 0 Å². The van der Waals surface area contributed by atoms with E-state index in [2.05, 4.69) is 40.7 Å². The van der Waals surface area contributed by atoms with Crippen LogP contribution in [0.4, 0.5) is 0 Å². The molecule has 3 rings (SSSR count). The number of aryl methyl sites for hydroxylation is 2. The van der Waals surface area contributed by atoms with Gasteiger partial charge in [0.1, 0.15) is 0 Å². The predicted molar refractivity (Wildman–Crippen MR) is 117 cm³/mol. The Bertz CT molecular complexity index is 902. The van der Waals surface area contributed by atoms with Crippen LogP contribution in [0.15, 0.2) is 61.2 Å². The van der Waals surface area contributed by atoms with E-state index in [1.54, 1.807) is 0 Å². The number of thioether (sulfide) groups is 1. The molecule has 0 radical (unpaired) electrons. The normalized spacial score (nSPS) is 11.4. The third-order valence-electron chi connectivity index (χ3n) is 4.09. The van der Waals surface area contributed by atoms with Gasteiger partial charge in [0, 0.05) is 40.0 Å². The standard InChI is InChI=1S/C20H20Cl2N2S.HNO3/c1-15-2-4-16(5-3-15)13-25-20(8-10-24-11-9-23-14-24)18-7-6-17(21)12-19(18)22;2-1(3)4/h2-7,9,11-12,14,20H,8,10,13H2,1H3;(H,2,3,4). The van der Waals surface area contributed by atoms with Gasteiger partial charge in [-0.15, -0.1) is 21.9 Å². The Hall–Kier alpha value is -2.22. The van der Waals surface area contributed by atoms with Crippen LogP contribution in [0.2, 0.25) is 10.0 Å². The minimum absolute atomic E-state index is 0.300. The topological polar surface area (TPSA) is 81.2 Å². The Morgan fingerprint density at radius 1 is 1.24 bits per heavy atom. The fraction of sp³-hybridized carbons (Fsp3) is 0.250. The molecule has 0 aliphatic carbocycles. The highest BCUT2D eigenvalue weighted by Crippen LogP contribution is 2.39. The maximum atomic E-state index is 8.36. The monoisotopic (exact) mass is 453 g/mol. The summed E-state index contributed by atoms with van der Waals surface area (Å²) in [5.41, 5.74) is 3.75. The third-order valence-corrected chi connectivity index (χ3v) is 6.04. The summed E-state index contributed by atoms with van der Waals surface area (Å²) in [6, 6.07) is 14.5. The first kappa shape index (κ1) is 23.1. The Labute approximate surface area is 183 Å². The molecular weight excluding hydrogens is 433 g/mol. The summed E-state index contributed by atoms with van der Waals surface area (Å²) in [6.07, 6.45) is 6.63. The number of imidazole rings is 1. The zero-order chi connectivity index (χ0) is 21.2. The molecule has 1 N–H and O–H groups in total. The van der Waals surface area contributed by atoms with Crippen LogP contribution in [-0.2, 0) is 12.3 Å². The molecule has 0 fully saturated rings. The van der Waals surface area contributed by atoms with Crippen molar-refractivity contribution >= 4 is 35.0 Å². The second kappa shape index (κ2) is 11.7. The van der Waals surface area contributed by atoms with Crippen molar-refractivity contribution in [3.05, 3.63) is 98.0 Å². The molecule has 1 aromatic heterocycles. The van der Waals surface area contributed by atoms with E-state index in [4.69, 9.17) is 38.5 Å².